The lowest BCUT2D eigenvalue weighted by molar-refractivity contribution is 0.254. The van der Waals surface area contributed by atoms with Crippen molar-refractivity contribution in [3.8, 4) is 0 Å². The lowest BCUT2D eigenvalue weighted by Gasteiger charge is -2.26. The third-order valence-electron chi connectivity index (χ3n) is 4.66. The van der Waals surface area contributed by atoms with Crippen molar-refractivity contribution in [2.24, 2.45) is 0 Å². The Labute approximate surface area is 115 Å². The van der Waals surface area contributed by atoms with E-state index in [9.17, 15) is 0 Å². The minimum Gasteiger partial charge on any atom is -0.355 e. The third kappa shape index (κ3) is 2.60. The Balaban J connectivity index is 1.71. The molecule has 0 aromatic carbocycles. The molecule has 0 amide bonds. The molecular formula is C15H24N4. The van der Waals surface area contributed by atoms with Crippen molar-refractivity contribution in [3.63, 3.8) is 0 Å². The van der Waals surface area contributed by atoms with Crippen LogP contribution in [0.3, 0.4) is 0 Å². The first-order valence-corrected chi connectivity index (χ1v) is 7.34. The fraction of sp³-hybridized carbons (Fsp3) is 0.667. The van der Waals surface area contributed by atoms with Crippen LogP contribution in [0.15, 0.2) is 18.3 Å². The Morgan fingerprint density at radius 2 is 2.11 bits per heavy atom. The zero-order valence-corrected chi connectivity index (χ0v) is 12.0. The van der Waals surface area contributed by atoms with Crippen LogP contribution in [-0.4, -0.2) is 49.2 Å². The predicted molar refractivity (Wildman–Crippen MR) is 78.4 cm³/mol. The summed E-state index contributed by atoms with van der Waals surface area (Å²) in [5.41, 5.74) is 1.25. The van der Waals surface area contributed by atoms with Gasteiger partial charge in [0, 0.05) is 37.9 Å². The molecule has 1 N–H and O–H groups in total. The standard InChI is InChI=1S/C15H24N4/c1-16-9-12-3-6-15(17-10-12)19-8-7-13-4-5-14(11-19)18(13)2/h3,6,10,13-14,16H,4-5,7-9,11H2,1-2H3. The summed E-state index contributed by atoms with van der Waals surface area (Å²) in [6.07, 6.45) is 5.99. The van der Waals surface area contributed by atoms with Crippen molar-refractivity contribution in [1.29, 1.82) is 0 Å². The van der Waals surface area contributed by atoms with E-state index >= 15 is 0 Å². The van der Waals surface area contributed by atoms with Gasteiger partial charge in [0.1, 0.15) is 5.82 Å². The number of aromatic nitrogens is 1. The molecule has 1 aromatic heterocycles. The molecule has 2 aliphatic heterocycles. The molecule has 1 aromatic rings. The van der Waals surface area contributed by atoms with Gasteiger partial charge in [-0.25, -0.2) is 4.98 Å². The maximum atomic E-state index is 4.64. The van der Waals surface area contributed by atoms with E-state index in [1.165, 1.54) is 24.8 Å². The van der Waals surface area contributed by atoms with Crippen molar-refractivity contribution >= 4 is 5.82 Å². The first-order valence-electron chi connectivity index (χ1n) is 7.34. The van der Waals surface area contributed by atoms with Gasteiger partial charge in [-0.1, -0.05) is 6.07 Å². The smallest absolute Gasteiger partial charge is 0.128 e. The Morgan fingerprint density at radius 3 is 2.84 bits per heavy atom. The maximum Gasteiger partial charge on any atom is 0.128 e. The Morgan fingerprint density at radius 1 is 1.26 bits per heavy atom. The molecule has 2 atom stereocenters. The van der Waals surface area contributed by atoms with E-state index in [1.807, 2.05) is 13.2 Å². The number of hydrogen-bond donors (Lipinski definition) is 1. The van der Waals surface area contributed by atoms with Crippen molar-refractivity contribution < 1.29 is 0 Å². The molecule has 0 aliphatic carbocycles. The van der Waals surface area contributed by atoms with Crippen molar-refractivity contribution in [2.75, 3.05) is 32.1 Å². The van der Waals surface area contributed by atoms with Crippen molar-refractivity contribution in [1.82, 2.24) is 15.2 Å². The van der Waals surface area contributed by atoms with Gasteiger partial charge in [0.25, 0.3) is 0 Å². The molecule has 104 valence electrons. The fourth-order valence-electron chi connectivity index (χ4n) is 3.43. The summed E-state index contributed by atoms with van der Waals surface area (Å²) in [7, 11) is 4.25. The average molecular weight is 260 g/mol. The molecule has 19 heavy (non-hydrogen) atoms. The van der Waals surface area contributed by atoms with Gasteiger partial charge in [0.05, 0.1) is 0 Å². The van der Waals surface area contributed by atoms with Gasteiger partial charge in [-0.05, 0) is 45.0 Å². The number of pyridine rings is 1. The number of nitrogens with one attached hydrogen (secondary N) is 1. The van der Waals surface area contributed by atoms with Crippen LogP contribution in [0.1, 0.15) is 24.8 Å². The highest BCUT2D eigenvalue weighted by atomic mass is 15.3. The van der Waals surface area contributed by atoms with Gasteiger partial charge in [-0.2, -0.15) is 0 Å². The number of anilines is 1. The summed E-state index contributed by atoms with van der Waals surface area (Å²) in [5.74, 6) is 1.14. The highest BCUT2D eigenvalue weighted by Gasteiger charge is 2.34. The lowest BCUT2D eigenvalue weighted by atomic mass is 10.1. The highest BCUT2D eigenvalue weighted by Crippen LogP contribution is 2.30. The van der Waals surface area contributed by atoms with Gasteiger partial charge in [-0.15, -0.1) is 0 Å². The van der Waals surface area contributed by atoms with Crippen molar-refractivity contribution in [2.45, 2.75) is 37.9 Å². The summed E-state index contributed by atoms with van der Waals surface area (Å²) >= 11 is 0. The number of fused-ring (bicyclic) bond motifs is 2. The molecule has 4 heteroatoms. The van der Waals surface area contributed by atoms with Crippen LogP contribution in [-0.2, 0) is 6.54 Å². The molecule has 2 fully saturated rings. The second-order valence-electron chi connectivity index (χ2n) is 5.84. The molecule has 0 saturated carbocycles. The summed E-state index contributed by atoms with van der Waals surface area (Å²) in [6, 6.07) is 5.86. The molecule has 0 spiro atoms. The summed E-state index contributed by atoms with van der Waals surface area (Å²) < 4.78 is 0. The Bertz CT molecular complexity index is 417. The van der Waals surface area contributed by atoms with Crippen LogP contribution in [0.25, 0.3) is 0 Å². The molecule has 2 saturated heterocycles. The number of hydrogen-bond acceptors (Lipinski definition) is 4. The Kier molecular flexibility index (Phi) is 3.71. The van der Waals surface area contributed by atoms with Gasteiger partial charge in [0.2, 0.25) is 0 Å². The van der Waals surface area contributed by atoms with E-state index in [-0.39, 0.29) is 0 Å². The predicted octanol–water partition coefficient (Wildman–Crippen LogP) is 1.47. The van der Waals surface area contributed by atoms with Crippen LogP contribution in [0.2, 0.25) is 0 Å². The largest absolute Gasteiger partial charge is 0.355 e. The van der Waals surface area contributed by atoms with Crippen LogP contribution in [0.4, 0.5) is 5.82 Å². The van der Waals surface area contributed by atoms with E-state index in [2.05, 4.69) is 39.3 Å². The highest BCUT2D eigenvalue weighted by molar-refractivity contribution is 5.40. The summed E-state index contributed by atoms with van der Waals surface area (Å²) in [5, 5.41) is 3.16. The topological polar surface area (TPSA) is 31.4 Å². The van der Waals surface area contributed by atoms with E-state index in [0.717, 1.165) is 31.5 Å². The Hall–Kier alpha value is -1.13. The first-order chi connectivity index (χ1) is 9.28. The quantitative estimate of drug-likeness (QED) is 0.892. The number of nitrogens with zero attached hydrogens (tertiary/aromatic N) is 3. The molecule has 2 unspecified atom stereocenters. The van der Waals surface area contributed by atoms with E-state index in [0.29, 0.717) is 6.04 Å². The first kappa shape index (κ1) is 12.9. The zero-order chi connectivity index (χ0) is 13.2. The minimum atomic E-state index is 0.714. The second-order valence-corrected chi connectivity index (χ2v) is 5.84. The van der Waals surface area contributed by atoms with Crippen LogP contribution >= 0.6 is 0 Å². The SMILES string of the molecule is CNCc1ccc(N2CCC3CCC(C2)N3C)nc1. The molecule has 4 nitrogen and oxygen atoms in total. The normalized spacial score (nSPS) is 27.6. The van der Waals surface area contributed by atoms with E-state index in [4.69, 9.17) is 0 Å². The minimum absolute atomic E-state index is 0.714. The fourth-order valence-corrected chi connectivity index (χ4v) is 3.43. The molecule has 2 bridgehead atoms. The monoisotopic (exact) mass is 260 g/mol. The van der Waals surface area contributed by atoms with E-state index in [1.54, 1.807) is 0 Å². The average Bonchev–Trinajstić information content (AvgIpc) is 2.65. The lowest BCUT2D eigenvalue weighted by Crippen LogP contribution is -2.36. The van der Waals surface area contributed by atoms with Gasteiger partial charge in [-0.3, -0.25) is 4.90 Å². The summed E-state index contributed by atoms with van der Waals surface area (Å²) in [6.45, 7) is 3.16. The van der Waals surface area contributed by atoms with Gasteiger partial charge in [0.15, 0.2) is 0 Å². The number of rotatable bonds is 3. The molecular weight excluding hydrogens is 236 g/mol. The second kappa shape index (κ2) is 5.47. The van der Waals surface area contributed by atoms with Crippen LogP contribution < -0.4 is 10.2 Å². The molecule has 3 heterocycles. The summed E-state index contributed by atoms with van der Waals surface area (Å²) in [4.78, 5) is 9.68. The van der Waals surface area contributed by atoms with Gasteiger partial charge < -0.3 is 10.2 Å². The molecule has 0 radical (unpaired) electrons. The van der Waals surface area contributed by atoms with E-state index < -0.39 is 0 Å². The molecule has 2 aliphatic rings. The van der Waals surface area contributed by atoms with Gasteiger partial charge >= 0.3 is 0 Å². The number of likely N-dealkylation sites (N-methyl/N-ethyl adjacent to an activating group) is 1. The van der Waals surface area contributed by atoms with Crippen LogP contribution in [0.5, 0.6) is 0 Å². The third-order valence-corrected chi connectivity index (χ3v) is 4.66. The maximum absolute atomic E-state index is 4.64. The molecule has 3 rings (SSSR count). The van der Waals surface area contributed by atoms with Crippen LogP contribution in [0, 0.1) is 0 Å². The van der Waals surface area contributed by atoms with Crippen molar-refractivity contribution in [3.05, 3.63) is 23.9 Å². The zero-order valence-electron chi connectivity index (χ0n) is 12.0.